The second kappa shape index (κ2) is 6.35. The molecule has 2 N–H and O–H groups in total. The van der Waals surface area contributed by atoms with Gasteiger partial charge < -0.3 is 10.5 Å². The van der Waals surface area contributed by atoms with Crippen molar-refractivity contribution >= 4 is 5.97 Å². The molecule has 4 nitrogen and oxygen atoms in total. The molecule has 1 atom stereocenters. The summed E-state index contributed by atoms with van der Waals surface area (Å²) in [5.41, 5.74) is 6.03. The zero-order valence-corrected chi connectivity index (χ0v) is 10.5. The number of esters is 1. The molecule has 1 heterocycles. The van der Waals surface area contributed by atoms with Crippen molar-refractivity contribution in [1.29, 1.82) is 0 Å². The first-order valence-corrected chi connectivity index (χ1v) is 5.89. The molecule has 1 aromatic heterocycles. The summed E-state index contributed by atoms with van der Waals surface area (Å²) >= 11 is 0. The highest BCUT2D eigenvalue weighted by Gasteiger charge is 2.32. The van der Waals surface area contributed by atoms with Crippen molar-refractivity contribution < 1.29 is 9.53 Å². The van der Waals surface area contributed by atoms with Crippen molar-refractivity contribution in [3.63, 3.8) is 0 Å². The summed E-state index contributed by atoms with van der Waals surface area (Å²) in [5.74, 6) is -0.224. The minimum atomic E-state index is -0.618. The van der Waals surface area contributed by atoms with Crippen LogP contribution in [0.1, 0.15) is 26.0 Å². The van der Waals surface area contributed by atoms with E-state index in [0.717, 1.165) is 12.1 Å². The Kier molecular flexibility index (Phi) is 5.10. The lowest BCUT2D eigenvalue weighted by molar-refractivity contribution is -0.154. The summed E-state index contributed by atoms with van der Waals surface area (Å²) in [6, 6.07) is 5.76. The number of carbonyl (C=O) groups excluding carboxylic acids is 1. The van der Waals surface area contributed by atoms with Gasteiger partial charge in [-0.1, -0.05) is 6.07 Å². The van der Waals surface area contributed by atoms with Crippen molar-refractivity contribution in [2.75, 3.05) is 13.2 Å². The third-order valence-electron chi connectivity index (χ3n) is 2.88. The van der Waals surface area contributed by atoms with Gasteiger partial charge in [-0.05, 0) is 38.8 Å². The maximum atomic E-state index is 11.8. The summed E-state index contributed by atoms with van der Waals surface area (Å²) in [7, 11) is 0. The van der Waals surface area contributed by atoms with Gasteiger partial charge in [0.2, 0.25) is 0 Å². The Morgan fingerprint density at radius 1 is 1.53 bits per heavy atom. The van der Waals surface area contributed by atoms with E-state index < -0.39 is 5.41 Å². The molecular weight excluding hydrogens is 216 g/mol. The van der Waals surface area contributed by atoms with Gasteiger partial charge in [-0.2, -0.15) is 0 Å². The first-order valence-electron chi connectivity index (χ1n) is 5.89. The Bertz CT molecular complexity index is 354. The monoisotopic (exact) mass is 236 g/mol. The molecule has 1 unspecified atom stereocenters. The number of aryl methyl sites for hydroxylation is 1. The first-order chi connectivity index (χ1) is 8.12. The lowest BCUT2D eigenvalue weighted by atomic mass is 9.85. The molecule has 0 aliphatic carbocycles. The molecule has 0 bridgehead atoms. The van der Waals surface area contributed by atoms with Crippen LogP contribution in [0.2, 0.25) is 0 Å². The van der Waals surface area contributed by atoms with Crippen LogP contribution in [0.3, 0.4) is 0 Å². The van der Waals surface area contributed by atoms with Gasteiger partial charge in [0.15, 0.2) is 0 Å². The summed E-state index contributed by atoms with van der Waals surface area (Å²) in [6.07, 6.45) is 3.13. The second-order valence-electron chi connectivity index (χ2n) is 4.31. The van der Waals surface area contributed by atoms with Crippen LogP contribution < -0.4 is 5.73 Å². The quantitative estimate of drug-likeness (QED) is 0.761. The lowest BCUT2D eigenvalue weighted by Crippen LogP contribution is -2.37. The van der Waals surface area contributed by atoms with E-state index in [-0.39, 0.29) is 5.97 Å². The number of nitrogens with zero attached hydrogens (tertiary/aromatic N) is 1. The number of hydrogen-bond donors (Lipinski definition) is 1. The van der Waals surface area contributed by atoms with Crippen molar-refractivity contribution in [3.05, 3.63) is 30.1 Å². The highest BCUT2D eigenvalue weighted by atomic mass is 16.5. The highest BCUT2D eigenvalue weighted by molar-refractivity contribution is 5.76. The highest BCUT2D eigenvalue weighted by Crippen LogP contribution is 2.23. The number of carbonyl (C=O) groups is 1. The van der Waals surface area contributed by atoms with E-state index in [1.807, 2.05) is 25.1 Å². The van der Waals surface area contributed by atoms with Crippen molar-refractivity contribution in [1.82, 2.24) is 4.98 Å². The molecule has 0 aliphatic rings. The second-order valence-corrected chi connectivity index (χ2v) is 4.31. The Balaban J connectivity index is 2.60. The molecule has 0 saturated heterocycles. The lowest BCUT2D eigenvalue weighted by Gasteiger charge is -2.25. The number of aromatic nitrogens is 1. The van der Waals surface area contributed by atoms with Crippen LogP contribution in [0.4, 0.5) is 0 Å². The van der Waals surface area contributed by atoms with Gasteiger partial charge in [0.1, 0.15) is 0 Å². The molecule has 0 fully saturated rings. The molecule has 17 heavy (non-hydrogen) atoms. The van der Waals surface area contributed by atoms with Crippen LogP contribution in [0.5, 0.6) is 0 Å². The largest absolute Gasteiger partial charge is 0.466 e. The molecule has 1 rings (SSSR count). The molecule has 0 spiro atoms. The Morgan fingerprint density at radius 3 is 2.82 bits per heavy atom. The number of ether oxygens (including phenoxy) is 1. The van der Waals surface area contributed by atoms with Gasteiger partial charge in [-0.15, -0.1) is 0 Å². The van der Waals surface area contributed by atoms with E-state index in [1.54, 1.807) is 13.1 Å². The van der Waals surface area contributed by atoms with Gasteiger partial charge in [-0.3, -0.25) is 9.78 Å². The van der Waals surface area contributed by atoms with E-state index in [9.17, 15) is 4.79 Å². The van der Waals surface area contributed by atoms with Gasteiger partial charge >= 0.3 is 5.97 Å². The van der Waals surface area contributed by atoms with Gasteiger partial charge in [0, 0.05) is 18.4 Å². The summed E-state index contributed by atoms with van der Waals surface area (Å²) in [6.45, 7) is 4.32. The minimum absolute atomic E-state index is 0.224. The predicted octanol–water partition coefficient (Wildman–Crippen LogP) is 1.54. The van der Waals surface area contributed by atoms with Crippen LogP contribution in [0, 0.1) is 5.41 Å². The average molecular weight is 236 g/mol. The number of pyridine rings is 1. The summed E-state index contributed by atoms with van der Waals surface area (Å²) in [5, 5.41) is 0. The summed E-state index contributed by atoms with van der Waals surface area (Å²) in [4.78, 5) is 16.0. The number of nitrogens with two attached hydrogens (primary N) is 1. The van der Waals surface area contributed by atoms with Crippen molar-refractivity contribution in [3.8, 4) is 0 Å². The number of rotatable bonds is 6. The fourth-order valence-corrected chi connectivity index (χ4v) is 1.54. The topological polar surface area (TPSA) is 65.2 Å². The van der Waals surface area contributed by atoms with E-state index in [0.29, 0.717) is 19.6 Å². The van der Waals surface area contributed by atoms with E-state index in [4.69, 9.17) is 10.5 Å². The standard InChI is InChI=1S/C13H20N2O2/c1-3-17-12(16)13(2,10-14)8-7-11-6-4-5-9-15-11/h4-6,9H,3,7-8,10,14H2,1-2H3. The molecule has 4 heteroatoms. The third kappa shape index (κ3) is 3.82. The Hall–Kier alpha value is -1.42. The molecule has 0 radical (unpaired) electrons. The smallest absolute Gasteiger partial charge is 0.313 e. The van der Waals surface area contributed by atoms with E-state index >= 15 is 0 Å². The molecule has 0 aliphatic heterocycles. The van der Waals surface area contributed by atoms with Crippen LogP contribution >= 0.6 is 0 Å². The van der Waals surface area contributed by atoms with E-state index in [2.05, 4.69) is 4.98 Å². The number of hydrogen-bond acceptors (Lipinski definition) is 4. The van der Waals surface area contributed by atoms with Gasteiger partial charge in [0.05, 0.1) is 12.0 Å². The average Bonchev–Trinajstić information content (AvgIpc) is 2.37. The molecule has 0 aromatic carbocycles. The molecule has 0 saturated carbocycles. The maximum Gasteiger partial charge on any atom is 0.313 e. The molecular formula is C13H20N2O2. The van der Waals surface area contributed by atoms with Crippen LogP contribution in [-0.4, -0.2) is 24.1 Å². The zero-order chi connectivity index (χ0) is 12.7. The summed E-state index contributed by atoms with van der Waals surface area (Å²) < 4.78 is 5.05. The maximum absolute atomic E-state index is 11.8. The zero-order valence-electron chi connectivity index (χ0n) is 10.5. The van der Waals surface area contributed by atoms with Gasteiger partial charge in [-0.25, -0.2) is 0 Å². The van der Waals surface area contributed by atoms with Crippen LogP contribution in [-0.2, 0) is 16.0 Å². The SMILES string of the molecule is CCOC(=O)C(C)(CN)CCc1ccccn1. The minimum Gasteiger partial charge on any atom is -0.466 e. The third-order valence-corrected chi connectivity index (χ3v) is 2.88. The fourth-order valence-electron chi connectivity index (χ4n) is 1.54. The van der Waals surface area contributed by atoms with Crippen molar-refractivity contribution in [2.45, 2.75) is 26.7 Å². The predicted molar refractivity (Wildman–Crippen MR) is 66.4 cm³/mol. The Labute approximate surface area is 102 Å². The van der Waals surface area contributed by atoms with Gasteiger partial charge in [0.25, 0.3) is 0 Å². The van der Waals surface area contributed by atoms with Crippen LogP contribution in [0.15, 0.2) is 24.4 Å². The van der Waals surface area contributed by atoms with Crippen molar-refractivity contribution in [2.24, 2.45) is 11.1 Å². The Morgan fingerprint density at radius 2 is 2.29 bits per heavy atom. The van der Waals surface area contributed by atoms with Crippen LogP contribution in [0.25, 0.3) is 0 Å². The normalized spacial score (nSPS) is 14.1. The molecule has 1 aromatic rings. The van der Waals surface area contributed by atoms with E-state index in [1.165, 1.54) is 0 Å². The first kappa shape index (κ1) is 13.6. The molecule has 0 amide bonds. The molecule has 94 valence electrons. The fraction of sp³-hybridized carbons (Fsp3) is 0.538.